The van der Waals surface area contributed by atoms with E-state index in [0.717, 1.165) is 11.1 Å². The highest BCUT2D eigenvalue weighted by atomic mass is 32.2. The topological polar surface area (TPSA) is 105 Å². The zero-order valence-corrected chi connectivity index (χ0v) is 18.2. The summed E-state index contributed by atoms with van der Waals surface area (Å²) in [5.74, 6) is 0.862. The molecule has 4 rings (SSSR count). The third-order valence-electron chi connectivity index (χ3n) is 5.43. The van der Waals surface area contributed by atoms with Gasteiger partial charge in [-0.1, -0.05) is 18.2 Å². The van der Waals surface area contributed by atoms with Gasteiger partial charge in [-0.25, -0.2) is 8.42 Å². The van der Waals surface area contributed by atoms with E-state index >= 15 is 0 Å². The van der Waals surface area contributed by atoms with Crippen LogP contribution in [0.5, 0.6) is 0 Å². The summed E-state index contributed by atoms with van der Waals surface area (Å²) in [5.41, 5.74) is 2.53. The number of piperidine rings is 1. The largest absolute Gasteiger partial charge is 0.420 e. The molecule has 1 aliphatic heterocycles. The van der Waals surface area contributed by atoms with E-state index in [2.05, 4.69) is 15.5 Å². The third kappa shape index (κ3) is 4.52. The molecule has 0 bridgehead atoms. The maximum atomic E-state index is 13.0. The minimum Gasteiger partial charge on any atom is -0.420 e. The van der Waals surface area contributed by atoms with Gasteiger partial charge in [0.2, 0.25) is 27.7 Å². The smallest absolute Gasteiger partial charge is 0.248 e. The number of sulfonamides is 1. The monoisotopic (exact) mass is 440 g/mol. The summed E-state index contributed by atoms with van der Waals surface area (Å²) in [5, 5.41) is 11.0. The Labute approximate surface area is 181 Å². The van der Waals surface area contributed by atoms with Crippen LogP contribution < -0.4 is 5.32 Å². The normalized spacial score (nSPS) is 15.7. The number of carbonyl (C=O) groups is 1. The van der Waals surface area contributed by atoms with Crippen LogP contribution in [-0.4, -0.2) is 41.9 Å². The van der Waals surface area contributed by atoms with Crippen LogP contribution in [0.2, 0.25) is 0 Å². The number of anilines is 1. The second-order valence-electron chi connectivity index (χ2n) is 7.64. The fourth-order valence-corrected chi connectivity index (χ4v) is 5.20. The van der Waals surface area contributed by atoms with E-state index in [9.17, 15) is 13.2 Å². The van der Waals surface area contributed by atoms with Gasteiger partial charge in [0.25, 0.3) is 0 Å². The van der Waals surface area contributed by atoms with Gasteiger partial charge in [-0.05, 0) is 55.7 Å². The molecule has 162 valence electrons. The molecule has 1 amide bonds. The molecule has 0 atom stereocenters. The quantitative estimate of drug-likeness (QED) is 0.650. The molecule has 0 saturated carbocycles. The van der Waals surface area contributed by atoms with Gasteiger partial charge in [0, 0.05) is 37.2 Å². The number of hydrogen-bond acceptors (Lipinski definition) is 6. The summed E-state index contributed by atoms with van der Waals surface area (Å²) >= 11 is 0. The van der Waals surface area contributed by atoms with Crippen molar-refractivity contribution in [1.82, 2.24) is 14.5 Å². The third-order valence-corrected chi connectivity index (χ3v) is 7.34. The molecule has 0 unspecified atom stereocenters. The zero-order chi connectivity index (χ0) is 22.0. The Balaban J connectivity index is 1.43. The first kappa shape index (κ1) is 21.2. The second kappa shape index (κ2) is 8.60. The van der Waals surface area contributed by atoms with Crippen LogP contribution in [0.1, 0.15) is 37.1 Å². The van der Waals surface area contributed by atoms with Gasteiger partial charge >= 0.3 is 0 Å². The van der Waals surface area contributed by atoms with Gasteiger partial charge in [0.1, 0.15) is 0 Å². The van der Waals surface area contributed by atoms with E-state index in [0.29, 0.717) is 43.4 Å². The van der Waals surface area contributed by atoms with Crippen molar-refractivity contribution in [3.63, 3.8) is 0 Å². The summed E-state index contributed by atoms with van der Waals surface area (Å²) < 4.78 is 33.4. The Bertz CT molecular complexity index is 1180. The molecular formula is C22H24N4O4S. The lowest BCUT2D eigenvalue weighted by molar-refractivity contribution is -0.114. The van der Waals surface area contributed by atoms with Crippen molar-refractivity contribution < 1.29 is 17.6 Å². The average Bonchev–Trinajstić information content (AvgIpc) is 3.24. The number of hydrogen-bond donors (Lipinski definition) is 1. The second-order valence-corrected chi connectivity index (χ2v) is 9.58. The van der Waals surface area contributed by atoms with Crippen LogP contribution in [0, 0.1) is 6.92 Å². The molecule has 1 aliphatic rings. The summed E-state index contributed by atoms with van der Waals surface area (Å²) in [4.78, 5) is 11.3. The van der Waals surface area contributed by atoms with Crippen LogP contribution in [-0.2, 0) is 14.8 Å². The number of amides is 1. The standard InChI is InChI=1S/C22H24N4O4S/c1-15-5-3-4-6-20(15)22-25-24-21(30-22)17-11-13-26(14-12-17)31(28,29)19-9-7-18(8-10-19)23-16(2)27/h3-10,17H,11-14H2,1-2H3,(H,23,27). The van der Waals surface area contributed by atoms with Gasteiger partial charge in [-0.15, -0.1) is 10.2 Å². The Morgan fingerprint density at radius 3 is 2.39 bits per heavy atom. The molecule has 1 N–H and O–H groups in total. The lowest BCUT2D eigenvalue weighted by Crippen LogP contribution is -2.37. The number of aromatic nitrogens is 2. The summed E-state index contributed by atoms with van der Waals surface area (Å²) in [6.07, 6.45) is 1.22. The molecular weight excluding hydrogens is 416 g/mol. The molecule has 8 nitrogen and oxygen atoms in total. The first-order valence-corrected chi connectivity index (χ1v) is 11.6. The Morgan fingerprint density at radius 2 is 1.74 bits per heavy atom. The predicted octanol–water partition coefficient (Wildman–Crippen LogP) is 3.57. The molecule has 1 aromatic heterocycles. The minimum atomic E-state index is -3.60. The molecule has 31 heavy (non-hydrogen) atoms. The van der Waals surface area contributed by atoms with Crippen molar-refractivity contribution in [2.75, 3.05) is 18.4 Å². The van der Waals surface area contributed by atoms with Gasteiger partial charge in [-0.2, -0.15) is 4.31 Å². The van der Waals surface area contributed by atoms with E-state index < -0.39 is 10.0 Å². The molecule has 1 saturated heterocycles. The fourth-order valence-electron chi connectivity index (χ4n) is 3.73. The number of rotatable bonds is 5. The molecule has 9 heteroatoms. The highest BCUT2D eigenvalue weighted by Crippen LogP contribution is 2.32. The van der Waals surface area contributed by atoms with Gasteiger partial charge in [-0.3, -0.25) is 4.79 Å². The molecule has 0 aliphatic carbocycles. The molecule has 0 spiro atoms. The number of aryl methyl sites for hydroxylation is 1. The molecule has 1 fully saturated rings. The van der Waals surface area contributed by atoms with Gasteiger partial charge < -0.3 is 9.73 Å². The van der Waals surface area contributed by atoms with Crippen molar-refractivity contribution in [1.29, 1.82) is 0 Å². The fraction of sp³-hybridized carbons (Fsp3) is 0.318. The van der Waals surface area contributed by atoms with Gasteiger partial charge in [0.05, 0.1) is 4.90 Å². The van der Waals surface area contributed by atoms with E-state index in [4.69, 9.17) is 4.42 Å². The highest BCUT2D eigenvalue weighted by Gasteiger charge is 2.32. The SMILES string of the molecule is CC(=O)Nc1ccc(S(=O)(=O)N2CCC(c3nnc(-c4ccccc4C)o3)CC2)cc1. The minimum absolute atomic E-state index is 0.0267. The number of carbonyl (C=O) groups excluding carboxylic acids is 1. The van der Waals surface area contributed by atoms with Crippen molar-refractivity contribution in [2.45, 2.75) is 37.5 Å². The number of benzene rings is 2. The predicted molar refractivity (Wildman–Crippen MR) is 116 cm³/mol. The lowest BCUT2D eigenvalue weighted by Gasteiger charge is -2.29. The maximum Gasteiger partial charge on any atom is 0.248 e. The molecule has 2 heterocycles. The van der Waals surface area contributed by atoms with Crippen LogP contribution in [0.25, 0.3) is 11.5 Å². The molecule has 0 radical (unpaired) electrons. The number of nitrogens with zero attached hydrogens (tertiary/aromatic N) is 3. The zero-order valence-electron chi connectivity index (χ0n) is 17.4. The highest BCUT2D eigenvalue weighted by molar-refractivity contribution is 7.89. The van der Waals surface area contributed by atoms with Crippen molar-refractivity contribution in [2.24, 2.45) is 0 Å². The Hall–Kier alpha value is -3.04. The van der Waals surface area contributed by atoms with Crippen molar-refractivity contribution in [3.8, 4) is 11.5 Å². The molecule has 2 aromatic carbocycles. The van der Waals surface area contributed by atoms with Crippen LogP contribution in [0.3, 0.4) is 0 Å². The lowest BCUT2D eigenvalue weighted by atomic mass is 9.98. The van der Waals surface area contributed by atoms with Crippen LogP contribution in [0.15, 0.2) is 57.8 Å². The average molecular weight is 441 g/mol. The van der Waals surface area contributed by atoms with E-state index in [1.165, 1.54) is 23.4 Å². The molecule has 3 aromatic rings. The van der Waals surface area contributed by atoms with Crippen LogP contribution in [0.4, 0.5) is 5.69 Å². The van der Waals surface area contributed by atoms with Gasteiger partial charge in [0.15, 0.2) is 0 Å². The summed E-state index contributed by atoms with van der Waals surface area (Å²) in [6.45, 7) is 4.15. The first-order valence-electron chi connectivity index (χ1n) is 10.1. The Kier molecular flexibility index (Phi) is 5.88. The maximum absolute atomic E-state index is 13.0. The first-order chi connectivity index (χ1) is 14.8. The summed E-state index contributed by atoms with van der Waals surface area (Å²) in [7, 11) is -3.60. The Morgan fingerprint density at radius 1 is 1.06 bits per heavy atom. The van der Waals surface area contributed by atoms with E-state index in [-0.39, 0.29) is 16.7 Å². The van der Waals surface area contributed by atoms with Crippen LogP contribution >= 0.6 is 0 Å². The van der Waals surface area contributed by atoms with Crippen molar-refractivity contribution in [3.05, 3.63) is 60.0 Å². The number of nitrogens with one attached hydrogen (secondary N) is 1. The van der Waals surface area contributed by atoms with E-state index in [1.54, 1.807) is 12.1 Å². The summed E-state index contributed by atoms with van der Waals surface area (Å²) in [6, 6.07) is 14.0. The van der Waals surface area contributed by atoms with E-state index in [1.807, 2.05) is 31.2 Å². The van der Waals surface area contributed by atoms with Crippen molar-refractivity contribution >= 4 is 21.6 Å².